The Morgan fingerprint density at radius 1 is 1.26 bits per heavy atom. The van der Waals surface area contributed by atoms with Crippen LogP contribution in [0.25, 0.3) is 0 Å². The molecule has 0 aromatic heterocycles. The molecule has 0 saturated carbocycles. The van der Waals surface area contributed by atoms with Gasteiger partial charge >= 0.3 is 5.97 Å². The number of carboxylic acid groups (broad SMARTS) is 1. The third-order valence-electron chi connectivity index (χ3n) is 4.11. The van der Waals surface area contributed by atoms with Gasteiger partial charge in [-0.25, -0.2) is 0 Å². The lowest BCUT2D eigenvalue weighted by atomic mass is 9.82. The molecule has 4 atom stereocenters. The van der Waals surface area contributed by atoms with Crippen molar-refractivity contribution in [3.8, 4) is 0 Å². The Morgan fingerprint density at radius 3 is 2.68 bits per heavy atom. The Bertz CT molecular complexity index is 445. The minimum Gasteiger partial charge on any atom is -0.481 e. The lowest BCUT2D eigenvalue weighted by molar-refractivity contribution is -0.143. The van der Waals surface area contributed by atoms with Crippen molar-refractivity contribution in [1.29, 1.82) is 0 Å². The summed E-state index contributed by atoms with van der Waals surface area (Å²) in [5.41, 5.74) is 1.16. The first-order valence-electron chi connectivity index (χ1n) is 6.74. The minimum absolute atomic E-state index is 0.0712. The Kier molecular flexibility index (Phi) is 3.53. The Hall–Kier alpha value is -1.39. The standard InChI is InChI=1S/C15H18O4/c16-15(17)12-7-13-11(6-14(12)19-13)9-18-8-10-4-2-1-3-5-10/h1-5,11-14H,6-9H2,(H,16,17)/t11?,12-,13+,14+/m0/s1. The van der Waals surface area contributed by atoms with E-state index in [9.17, 15) is 4.79 Å². The molecule has 2 saturated heterocycles. The lowest BCUT2D eigenvalue weighted by Gasteiger charge is -2.21. The Labute approximate surface area is 112 Å². The van der Waals surface area contributed by atoms with E-state index in [2.05, 4.69) is 0 Å². The monoisotopic (exact) mass is 262 g/mol. The fraction of sp³-hybridized carbons (Fsp3) is 0.533. The maximum Gasteiger partial charge on any atom is 0.309 e. The average molecular weight is 262 g/mol. The molecule has 1 unspecified atom stereocenters. The summed E-state index contributed by atoms with van der Waals surface area (Å²) in [4.78, 5) is 11.0. The van der Waals surface area contributed by atoms with Gasteiger partial charge in [-0.15, -0.1) is 0 Å². The zero-order valence-corrected chi connectivity index (χ0v) is 10.7. The second kappa shape index (κ2) is 5.31. The van der Waals surface area contributed by atoms with Crippen LogP contribution in [0.4, 0.5) is 0 Å². The number of benzene rings is 1. The van der Waals surface area contributed by atoms with Gasteiger partial charge in [-0.3, -0.25) is 4.79 Å². The predicted octanol–water partition coefficient (Wildman–Crippen LogP) is 2.08. The van der Waals surface area contributed by atoms with E-state index in [-0.39, 0.29) is 18.1 Å². The van der Waals surface area contributed by atoms with Gasteiger partial charge in [0.15, 0.2) is 0 Å². The normalized spacial score (nSPS) is 32.6. The fourth-order valence-corrected chi connectivity index (χ4v) is 3.09. The van der Waals surface area contributed by atoms with Gasteiger partial charge in [0.05, 0.1) is 31.3 Å². The molecule has 1 aromatic carbocycles. The summed E-state index contributed by atoms with van der Waals surface area (Å²) in [5.74, 6) is -0.684. The molecular weight excluding hydrogens is 244 g/mol. The molecule has 2 aliphatic rings. The first kappa shape index (κ1) is 12.6. The number of aliphatic carboxylic acids is 1. The summed E-state index contributed by atoms with van der Waals surface area (Å²) < 4.78 is 11.4. The van der Waals surface area contributed by atoms with Crippen molar-refractivity contribution in [3.05, 3.63) is 35.9 Å². The summed E-state index contributed by atoms with van der Waals surface area (Å²) in [6.45, 7) is 1.26. The van der Waals surface area contributed by atoms with Crippen molar-refractivity contribution in [2.75, 3.05) is 6.61 Å². The van der Waals surface area contributed by atoms with Crippen LogP contribution in [0.2, 0.25) is 0 Å². The van der Waals surface area contributed by atoms with E-state index < -0.39 is 5.97 Å². The van der Waals surface area contributed by atoms with Gasteiger partial charge in [0.2, 0.25) is 0 Å². The van der Waals surface area contributed by atoms with Crippen LogP contribution in [0, 0.1) is 11.8 Å². The van der Waals surface area contributed by atoms with Crippen LogP contribution in [-0.2, 0) is 20.9 Å². The van der Waals surface area contributed by atoms with Crippen molar-refractivity contribution in [1.82, 2.24) is 0 Å². The van der Waals surface area contributed by atoms with Crippen LogP contribution in [0.3, 0.4) is 0 Å². The molecule has 2 bridgehead atoms. The van der Waals surface area contributed by atoms with Crippen molar-refractivity contribution >= 4 is 5.97 Å². The zero-order chi connectivity index (χ0) is 13.2. The lowest BCUT2D eigenvalue weighted by Crippen LogP contribution is -2.30. The molecule has 0 aliphatic carbocycles. The van der Waals surface area contributed by atoms with Crippen molar-refractivity contribution in [3.63, 3.8) is 0 Å². The number of rotatable bonds is 5. The molecule has 4 heteroatoms. The third kappa shape index (κ3) is 2.65. The van der Waals surface area contributed by atoms with E-state index in [0.717, 1.165) is 12.0 Å². The summed E-state index contributed by atoms with van der Waals surface area (Å²) >= 11 is 0. The average Bonchev–Trinajstić information content (AvgIpc) is 2.99. The largest absolute Gasteiger partial charge is 0.481 e. The van der Waals surface area contributed by atoms with Crippen LogP contribution in [0.15, 0.2) is 30.3 Å². The number of ether oxygens (including phenoxy) is 2. The summed E-state index contributed by atoms with van der Waals surface area (Å²) in [5, 5.41) is 9.04. The maximum atomic E-state index is 11.0. The van der Waals surface area contributed by atoms with Gasteiger partial charge in [0.25, 0.3) is 0 Å². The Morgan fingerprint density at radius 2 is 2.05 bits per heavy atom. The molecule has 4 nitrogen and oxygen atoms in total. The van der Waals surface area contributed by atoms with Crippen LogP contribution < -0.4 is 0 Å². The van der Waals surface area contributed by atoms with Crippen molar-refractivity contribution in [2.24, 2.45) is 11.8 Å². The highest BCUT2D eigenvalue weighted by atomic mass is 16.5. The molecule has 0 radical (unpaired) electrons. The topological polar surface area (TPSA) is 55.8 Å². The smallest absolute Gasteiger partial charge is 0.309 e. The van der Waals surface area contributed by atoms with Crippen LogP contribution in [0.1, 0.15) is 18.4 Å². The molecule has 2 heterocycles. The summed E-state index contributed by atoms with van der Waals surface area (Å²) in [7, 11) is 0. The highest BCUT2D eigenvalue weighted by Gasteiger charge is 2.49. The van der Waals surface area contributed by atoms with Crippen molar-refractivity contribution < 1.29 is 19.4 Å². The summed E-state index contributed by atoms with van der Waals surface area (Å²) in [6.07, 6.45) is 1.42. The SMILES string of the molecule is O=C(O)[C@H]1C[C@H]2O[C@@H]1CC2COCc1ccccc1. The van der Waals surface area contributed by atoms with Gasteiger partial charge in [0.1, 0.15) is 0 Å². The first-order valence-corrected chi connectivity index (χ1v) is 6.74. The quantitative estimate of drug-likeness (QED) is 0.882. The number of hydrogen-bond donors (Lipinski definition) is 1. The Balaban J connectivity index is 1.45. The third-order valence-corrected chi connectivity index (χ3v) is 4.11. The molecule has 0 spiro atoms. The van der Waals surface area contributed by atoms with Crippen molar-refractivity contribution in [2.45, 2.75) is 31.7 Å². The maximum absolute atomic E-state index is 11.0. The number of hydrogen-bond acceptors (Lipinski definition) is 3. The van der Waals surface area contributed by atoms with E-state index in [1.165, 1.54) is 0 Å². The highest BCUT2D eigenvalue weighted by molar-refractivity contribution is 5.71. The molecule has 0 amide bonds. The van der Waals surface area contributed by atoms with Gasteiger partial charge < -0.3 is 14.6 Å². The number of carboxylic acids is 1. The van der Waals surface area contributed by atoms with Crippen LogP contribution in [-0.4, -0.2) is 29.9 Å². The summed E-state index contributed by atoms with van der Waals surface area (Å²) in [6, 6.07) is 10.1. The molecular formula is C15H18O4. The molecule has 2 fully saturated rings. The second-order valence-corrected chi connectivity index (χ2v) is 5.39. The number of fused-ring (bicyclic) bond motifs is 2. The minimum atomic E-state index is -0.726. The second-order valence-electron chi connectivity index (χ2n) is 5.39. The molecule has 1 N–H and O–H groups in total. The molecule has 19 heavy (non-hydrogen) atoms. The molecule has 2 aliphatic heterocycles. The van der Waals surface area contributed by atoms with E-state index in [1.54, 1.807) is 0 Å². The van der Waals surface area contributed by atoms with Crippen LogP contribution in [0.5, 0.6) is 0 Å². The zero-order valence-electron chi connectivity index (χ0n) is 10.7. The van der Waals surface area contributed by atoms with Crippen LogP contribution >= 0.6 is 0 Å². The van der Waals surface area contributed by atoms with Gasteiger partial charge in [0, 0.05) is 5.92 Å². The molecule has 1 aromatic rings. The van der Waals surface area contributed by atoms with E-state index >= 15 is 0 Å². The van der Waals surface area contributed by atoms with E-state index in [0.29, 0.717) is 25.6 Å². The molecule has 3 rings (SSSR count). The van der Waals surface area contributed by atoms with E-state index in [4.69, 9.17) is 14.6 Å². The van der Waals surface area contributed by atoms with E-state index in [1.807, 2.05) is 30.3 Å². The molecule has 102 valence electrons. The number of carbonyl (C=O) groups is 1. The highest BCUT2D eigenvalue weighted by Crippen LogP contribution is 2.42. The van der Waals surface area contributed by atoms with Gasteiger partial charge in [-0.05, 0) is 18.4 Å². The van der Waals surface area contributed by atoms with Gasteiger partial charge in [-0.1, -0.05) is 30.3 Å². The first-order chi connectivity index (χ1) is 9.24. The fourth-order valence-electron chi connectivity index (χ4n) is 3.09. The predicted molar refractivity (Wildman–Crippen MR) is 68.6 cm³/mol. The van der Waals surface area contributed by atoms with Gasteiger partial charge in [-0.2, -0.15) is 0 Å².